The Balaban J connectivity index is 0.000000545. The van der Waals surface area contributed by atoms with Gasteiger partial charge in [-0.3, -0.25) is 4.99 Å². The van der Waals surface area contributed by atoms with Crippen molar-refractivity contribution in [3.63, 3.8) is 0 Å². The molecule has 3 saturated carbocycles. The van der Waals surface area contributed by atoms with Gasteiger partial charge in [0.05, 0.1) is 6.04 Å². The van der Waals surface area contributed by atoms with Gasteiger partial charge in [-0.15, -0.1) is 0 Å². The van der Waals surface area contributed by atoms with Crippen LogP contribution in [-0.2, 0) is 20.8 Å². The molecule has 1 N–H and O–H groups in total. The first-order chi connectivity index (χ1) is 10.6. The van der Waals surface area contributed by atoms with Crippen LogP contribution in [0.3, 0.4) is 0 Å². The molecular weight excluding hydrogens is 396 g/mol. The maximum atomic E-state index is 10.0. The molecule has 3 fully saturated rings. The quantitative estimate of drug-likeness (QED) is 0.634. The van der Waals surface area contributed by atoms with E-state index >= 15 is 0 Å². The third-order valence-electron chi connectivity index (χ3n) is 4.87. The van der Waals surface area contributed by atoms with E-state index in [0.29, 0.717) is 11.8 Å². The van der Waals surface area contributed by atoms with Crippen molar-refractivity contribution in [2.45, 2.75) is 51.5 Å². The second kappa shape index (κ2) is 9.45. The number of nitrogens with zero attached hydrogens (tertiary/aromatic N) is 1. The van der Waals surface area contributed by atoms with Crippen molar-refractivity contribution in [1.82, 2.24) is 0 Å². The molecule has 1 aromatic rings. The number of hydrogen-bond acceptors (Lipinski definition) is 2. The summed E-state index contributed by atoms with van der Waals surface area (Å²) in [7, 11) is 9.87. The van der Waals surface area contributed by atoms with E-state index in [1.54, 1.807) is 0 Å². The van der Waals surface area contributed by atoms with E-state index in [2.05, 4.69) is 0 Å². The van der Waals surface area contributed by atoms with Crippen molar-refractivity contribution in [2.75, 3.05) is 0 Å². The number of aliphatic imine (C=N–C) groups is 1. The van der Waals surface area contributed by atoms with Gasteiger partial charge in [-0.25, -0.2) is 0 Å². The Morgan fingerprint density at radius 3 is 2.23 bits per heavy atom. The minimum atomic E-state index is -0.826. The summed E-state index contributed by atoms with van der Waals surface area (Å²) in [5.41, 5.74) is 1.78. The van der Waals surface area contributed by atoms with E-state index < -0.39 is 20.8 Å². The molecule has 3 aliphatic rings. The van der Waals surface area contributed by atoms with E-state index in [1.165, 1.54) is 38.5 Å². The molecule has 0 heterocycles. The number of fused-ring (bicyclic) bond motifs is 4. The Hall–Kier alpha value is 0.153. The average Bonchev–Trinajstić information content (AvgIpc) is 2.82. The number of aryl methyl sites for hydroxylation is 1. The number of rotatable bonds is 2. The maximum absolute atomic E-state index is 10.0. The van der Waals surface area contributed by atoms with Gasteiger partial charge in [-0.1, -0.05) is 37.8 Å². The van der Waals surface area contributed by atoms with Crippen LogP contribution in [0.25, 0.3) is 0 Å². The Morgan fingerprint density at radius 1 is 1.14 bits per heavy atom. The molecule has 0 aliphatic heterocycles. The first-order valence-corrected chi connectivity index (χ1v) is 14.2. The molecule has 0 unspecified atom stereocenters. The van der Waals surface area contributed by atoms with Crippen LogP contribution >= 0.6 is 17.0 Å². The van der Waals surface area contributed by atoms with Crippen LogP contribution in [0.15, 0.2) is 23.2 Å². The molecule has 3 aliphatic carbocycles. The molecule has 0 saturated heterocycles. The van der Waals surface area contributed by atoms with Crippen LogP contribution in [0, 0.1) is 18.8 Å². The summed E-state index contributed by atoms with van der Waals surface area (Å²) in [5.74, 6) is 2.17. The SMILES string of the molecule is Cc1cccc(C=NC2CC3CCC(CC3)C2)c1O.[Cl][Zr][Cl]. The molecule has 0 aromatic heterocycles. The average molecular weight is 420 g/mol. The molecule has 0 atom stereocenters. The van der Waals surface area contributed by atoms with Crippen LogP contribution in [0.2, 0.25) is 0 Å². The number of aromatic hydroxyl groups is 1. The zero-order chi connectivity index (χ0) is 15.9. The Kier molecular flexibility index (Phi) is 7.94. The topological polar surface area (TPSA) is 32.6 Å². The summed E-state index contributed by atoms with van der Waals surface area (Å²) >= 11 is -0.826. The van der Waals surface area contributed by atoms with Crippen molar-refractivity contribution < 1.29 is 26.0 Å². The molecule has 1 aromatic carbocycles. The monoisotopic (exact) mass is 417 g/mol. The van der Waals surface area contributed by atoms with Crippen molar-refractivity contribution >= 4 is 23.2 Å². The molecule has 0 spiro atoms. The Morgan fingerprint density at radius 2 is 1.68 bits per heavy atom. The molecule has 2 bridgehead atoms. The summed E-state index contributed by atoms with van der Waals surface area (Å²) in [6.45, 7) is 1.93. The predicted octanol–water partition coefficient (Wildman–Crippen LogP) is 5.46. The molecule has 4 rings (SSSR count). The van der Waals surface area contributed by atoms with Gasteiger partial charge in [0.25, 0.3) is 0 Å². The van der Waals surface area contributed by atoms with Crippen LogP contribution in [-0.4, -0.2) is 17.4 Å². The minimum absolute atomic E-state index is 0.378. The van der Waals surface area contributed by atoms with Gasteiger partial charge in [0.15, 0.2) is 0 Å². The van der Waals surface area contributed by atoms with Crippen molar-refractivity contribution in [2.24, 2.45) is 16.8 Å². The van der Waals surface area contributed by atoms with Gasteiger partial charge in [0.2, 0.25) is 0 Å². The van der Waals surface area contributed by atoms with E-state index in [1.807, 2.05) is 31.3 Å². The van der Waals surface area contributed by atoms with Crippen LogP contribution in [0.4, 0.5) is 0 Å². The Labute approximate surface area is 152 Å². The number of benzene rings is 1. The molecule has 0 amide bonds. The van der Waals surface area contributed by atoms with Gasteiger partial charge in [-0.2, -0.15) is 0 Å². The first-order valence-electron chi connectivity index (χ1n) is 7.92. The zero-order valence-corrected chi connectivity index (χ0v) is 16.9. The standard InChI is InChI=1S/C17H23NO.2ClH.Zr/c1-12-3-2-4-15(17(12)19)11-18-16-9-13-5-6-14(10-16)8-7-13;;;/h2-4,11,13-14,16,19H,5-10H2,1H3;2*1H;/q;;;+2/p-2. The van der Waals surface area contributed by atoms with E-state index in [-0.39, 0.29) is 0 Å². The fourth-order valence-corrected chi connectivity index (χ4v) is 3.66. The van der Waals surface area contributed by atoms with Crippen LogP contribution in [0.5, 0.6) is 5.75 Å². The first kappa shape index (κ1) is 18.5. The summed E-state index contributed by atoms with van der Waals surface area (Å²) in [6, 6.07) is 6.32. The van der Waals surface area contributed by atoms with E-state index in [9.17, 15) is 5.11 Å². The zero-order valence-electron chi connectivity index (χ0n) is 12.9. The number of phenolic OH excluding ortho intramolecular Hbond substituents is 1. The van der Waals surface area contributed by atoms with E-state index in [4.69, 9.17) is 22.0 Å². The fourth-order valence-electron chi connectivity index (χ4n) is 3.66. The summed E-state index contributed by atoms with van der Waals surface area (Å²) in [4.78, 5) is 4.77. The molecular formula is C17H23Cl2NOZr. The normalized spacial score (nSPS) is 27.1. The Bertz CT molecular complexity index is 487. The van der Waals surface area contributed by atoms with Gasteiger partial charge >= 0.3 is 37.9 Å². The second-order valence-corrected chi connectivity index (χ2v) is 10.1. The molecule has 2 nitrogen and oxygen atoms in total. The number of halogens is 2. The molecule has 22 heavy (non-hydrogen) atoms. The fraction of sp³-hybridized carbons (Fsp3) is 0.588. The van der Waals surface area contributed by atoms with Crippen LogP contribution in [0.1, 0.15) is 49.7 Å². The van der Waals surface area contributed by atoms with Gasteiger partial charge < -0.3 is 5.11 Å². The summed E-state index contributed by atoms with van der Waals surface area (Å²) in [5, 5.41) is 10.0. The third kappa shape index (κ3) is 5.36. The molecule has 0 radical (unpaired) electrons. The van der Waals surface area contributed by atoms with Gasteiger partial charge in [-0.05, 0) is 43.2 Å². The number of para-hydroxylation sites is 1. The number of hydrogen-bond donors (Lipinski definition) is 1. The van der Waals surface area contributed by atoms with Gasteiger partial charge in [0.1, 0.15) is 5.75 Å². The van der Waals surface area contributed by atoms with Crippen molar-refractivity contribution in [3.8, 4) is 5.75 Å². The van der Waals surface area contributed by atoms with Gasteiger partial charge in [0, 0.05) is 11.8 Å². The summed E-state index contributed by atoms with van der Waals surface area (Å²) < 4.78 is 0. The summed E-state index contributed by atoms with van der Waals surface area (Å²) in [6.07, 6.45) is 10.0. The van der Waals surface area contributed by atoms with Crippen molar-refractivity contribution in [3.05, 3.63) is 29.3 Å². The van der Waals surface area contributed by atoms with Crippen molar-refractivity contribution in [1.29, 1.82) is 0 Å². The predicted molar refractivity (Wildman–Crippen MR) is 90.6 cm³/mol. The molecule has 5 heteroatoms. The van der Waals surface area contributed by atoms with E-state index in [0.717, 1.165) is 23.0 Å². The third-order valence-corrected chi connectivity index (χ3v) is 4.87. The number of phenols is 1. The second-order valence-electron chi connectivity index (χ2n) is 6.37. The molecule has 120 valence electrons. The van der Waals surface area contributed by atoms with Crippen LogP contribution < -0.4 is 0 Å².